The summed E-state index contributed by atoms with van der Waals surface area (Å²) in [6.07, 6.45) is -4.73. The average molecular weight is 368 g/mol. The topological polar surface area (TPSA) is 46.6 Å². The summed E-state index contributed by atoms with van der Waals surface area (Å²) in [6, 6.07) is 3.31. The highest BCUT2D eigenvalue weighted by Gasteiger charge is 2.36. The normalized spacial score (nSPS) is 11.1. The molecule has 0 saturated carbocycles. The molecule has 0 fully saturated rings. The minimum absolute atomic E-state index is 0.0289. The predicted octanol–water partition coefficient (Wildman–Crippen LogP) is 3.10. The van der Waals surface area contributed by atoms with Crippen LogP contribution in [0.25, 0.3) is 0 Å². The van der Waals surface area contributed by atoms with E-state index in [9.17, 15) is 22.8 Å². The van der Waals surface area contributed by atoms with Crippen LogP contribution in [0.1, 0.15) is 22.3 Å². The lowest BCUT2D eigenvalue weighted by atomic mass is 10.1. The van der Waals surface area contributed by atoms with Crippen LogP contribution in [0.3, 0.4) is 0 Å². The third-order valence-electron chi connectivity index (χ3n) is 2.74. The van der Waals surface area contributed by atoms with Crippen LogP contribution in [-0.4, -0.2) is 37.5 Å². The van der Waals surface area contributed by atoms with Gasteiger partial charge in [0.25, 0.3) is 5.91 Å². The standard InChI is InChI=1S/C13H13BrF3NO3/c1-18(6-5-11(19)21-2)12(20)9-4-3-8(14)7-10(9)13(15,16)17/h3-4,7H,5-6H2,1-2H3. The first-order chi connectivity index (χ1) is 9.66. The van der Waals surface area contributed by atoms with E-state index in [1.165, 1.54) is 20.2 Å². The van der Waals surface area contributed by atoms with Crippen molar-refractivity contribution in [2.45, 2.75) is 12.6 Å². The summed E-state index contributed by atoms with van der Waals surface area (Å²) in [5, 5.41) is 0. The third-order valence-corrected chi connectivity index (χ3v) is 3.24. The molecule has 0 N–H and O–H groups in total. The number of nitrogens with zero attached hydrogens (tertiary/aromatic N) is 1. The van der Waals surface area contributed by atoms with Crippen LogP contribution in [0.4, 0.5) is 13.2 Å². The van der Waals surface area contributed by atoms with Gasteiger partial charge in [0.05, 0.1) is 24.7 Å². The van der Waals surface area contributed by atoms with Gasteiger partial charge in [-0.15, -0.1) is 0 Å². The van der Waals surface area contributed by atoms with Gasteiger partial charge in [0, 0.05) is 18.1 Å². The van der Waals surface area contributed by atoms with Crippen molar-refractivity contribution in [3.63, 3.8) is 0 Å². The Morgan fingerprint density at radius 2 is 1.95 bits per heavy atom. The van der Waals surface area contributed by atoms with Crippen molar-refractivity contribution in [1.29, 1.82) is 0 Å². The maximum atomic E-state index is 13.0. The van der Waals surface area contributed by atoms with E-state index in [-0.39, 0.29) is 17.4 Å². The molecule has 0 unspecified atom stereocenters. The molecule has 21 heavy (non-hydrogen) atoms. The SMILES string of the molecule is COC(=O)CCN(C)C(=O)c1ccc(Br)cc1C(F)(F)F. The molecule has 0 spiro atoms. The van der Waals surface area contributed by atoms with E-state index in [1.54, 1.807) is 0 Å². The van der Waals surface area contributed by atoms with Crippen LogP contribution in [0.2, 0.25) is 0 Å². The second-order valence-electron chi connectivity index (χ2n) is 4.24. The fraction of sp³-hybridized carbons (Fsp3) is 0.385. The van der Waals surface area contributed by atoms with Crippen molar-refractivity contribution in [2.75, 3.05) is 20.7 Å². The Morgan fingerprint density at radius 3 is 2.48 bits per heavy atom. The zero-order valence-corrected chi connectivity index (χ0v) is 12.9. The molecule has 1 aromatic carbocycles. The molecule has 0 saturated heterocycles. The number of hydrogen-bond acceptors (Lipinski definition) is 3. The van der Waals surface area contributed by atoms with Gasteiger partial charge in [0.15, 0.2) is 0 Å². The highest BCUT2D eigenvalue weighted by Crippen LogP contribution is 2.34. The predicted molar refractivity (Wildman–Crippen MR) is 72.7 cm³/mol. The highest BCUT2D eigenvalue weighted by atomic mass is 79.9. The molecule has 0 radical (unpaired) electrons. The van der Waals surface area contributed by atoms with Crippen LogP contribution >= 0.6 is 15.9 Å². The Balaban J connectivity index is 2.99. The number of amides is 1. The lowest BCUT2D eigenvalue weighted by molar-refractivity contribution is -0.141. The van der Waals surface area contributed by atoms with E-state index in [1.807, 2.05) is 0 Å². The number of benzene rings is 1. The van der Waals surface area contributed by atoms with Crippen molar-refractivity contribution in [1.82, 2.24) is 4.90 Å². The van der Waals surface area contributed by atoms with E-state index in [4.69, 9.17) is 0 Å². The maximum absolute atomic E-state index is 13.0. The van der Waals surface area contributed by atoms with Gasteiger partial charge < -0.3 is 9.64 Å². The smallest absolute Gasteiger partial charge is 0.417 e. The maximum Gasteiger partial charge on any atom is 0.417 e. The number of ether oxygens (including phenoxy) is 1. The lowest BCUT2D eigenvalue weighted by Gasteiger charge is -2.19. The molecule has 0 heterocycles. The average Bonchev–Trinajstić information content (AvgIpc) is 2.42. The Labute approximate surface area is 128 Å². The molecule has 8 heteroatoms. The van der Waals surface area contributed by atoms with E-state index < -0.39 is 29.2 Å². The first-order valence-electron chi connectivity index (χ1n) is 5.86. The molecule has 0 aliphatic rings. The summed E-state index contributed by atoms with van der Waals surface area (Å²) in [5.41, 5.74) is -1.48. The quantitative estimate of drug-likeness (QED) is 0.768. The number of rotatable bonds is 4. The number of methoxy groups -OCH3 is 1. The van der Waals surface area contributed by atoms with Gasteiger partial charge in [-0.2, -0.15) is 13.2 Å². The molecule has 116 valence electrons. The number of halogens is 4. The first kappa shape index (κ1) is 17.5. The Bertz CT molecular complexity index is 546. The lowest BCUT2D eigenvalue weighted by Crippen LogP contribution is -2.31. The Kier molecular flexibility index (Phi) is 5.77. The molecule has 0 atom stereocenters. The summed E-state index contributed by atoms with van der Waals surface area (Å²) < 4.78 is 43.5. The van der Waals surface area contributed by atoms with Gasteiger partial charge in [-0.25, -0.2) is 0 Å². The zero-order chi connectivity index (χ0) is 16.2. The summed E-state index contributed by atoms with van der Waals surface area (Å²) in [5.74, 6) is -1.35. The second-order valence-corrected chi connectivity index (χ2v) is 5.16. The van der Waals surface area contributed by atoms with Crippen LogP contribution in [-0.2, 0) is 15.7 Å². The number of carbonyl (C=O) groups excluding carboxylic acids is 2. The molecule has 1 amide bonds. The van der Waals surface area contributed by atoms with E-state index in [2.05, 4.69) is 20.7 Å². The van der Waals surface area contributed by atoms with E-state index in [0.29, 0.717) is 0 Å². The summed E-state index contributed by atoms with van der Waals surface area (Å²) in [6.45, 7) is -0.0289. The van der Waals surface area contributed by atoms with Crippen LogP contribution in [0.5, 0.6) is 0 Å². The largest absolute Gasteiger partial charge is 0.469 e. The van der Waals surface area contributed by atoms with Gasteiger partial charge in [-0.05, 0) is 18.2 Å². The fourth-order valence-electron chi connectivity index (χ4n) is 1.61. The molecular weight excluding hydrogens is 355 g/mol. The van der Waals surface area contributed by atoms with E-state index >= 15 is 0 Å². The molecule has 1 aromatic rings. The Hall–Kier alpha value is -1.57. The minimum atomic E-state index is -4.64. The number of carbonyl (C=O) groups is 2. The van der Waals surface area contributed by atoms with Gasteiger partial charge in [-0.3, -0.25) is 9.59 Å². The van der Waals surface area contributed by atoms with Gasteiger partial charge in [0.1, 0.15) is 0 Å². The summed E-state index contributed by atoms with van der Waals surface area (Å²) in [7, 11) is 2.52. The monoisotopic (exact) mass is 367 g/mol. The number of esters is 1. The van der Waals surface area contributed by atoms with Crippen molar-refractivity contribution in [2.24, 2.45) is 0 Å². The van der Waals surface area contributed by atoms with E-state index in [0.717, 1.165) is 17.0 Å². The van der Waals surface area contributed by atoms with Crippen molar-refractivity contribution in [3.8, 4) is 0 Å². The first-order valence-corrected chi connectivity index (χ1v) is 6.65. The van der Waals surface area contributed by atoms with Crippen molar-refractivity contribution >= 4 is 27.8 Å². The molecule has 0 aliphatic heterocycles. The second kappa shape index (κ2) is 6.93. The third kappa shape index (κ3) is 4.73. The van der Waals surface area contributed by atoms with Crippen LogP contribution < -0.4 is 0 Å². The van der Waals surface area contributed by atoms with Crippen molar-refractivity contribution in [3.05, 3.63) is 33.8 Å². The molecule has 0 bridgehead atoms. The minimum Gasteiger partial charge on any atom is -0.469 e. The van der Waals surface area contributed by atoms with Crippen LogP contribution in [0.15, 0.2) is 22.7 Å². The van der Waals surface area contributed by atoms with Gasteiger partial charge >= 0.3 is 12.1 Å². The number of alkyl halides is 3. The zero-order valence-electron chi connectivity index (χ0n) is 11.3. The molecule has 0 aliphatic carbocycles. The van der Waals surface area contributed by atoms with Gasteiger partial charge in [-0.1, -0.05) is 15.9 Å². The molecular formula is C13H13BrF3NO3. The van der Waals surface area contributed by atoms with Crippen LogP contribution in [0, 0.1) is 0 Å². The summed E-state index contributed by atoms with van der Waals surface area (Å²) >= 11 is 2.95. The fourth-order valence-corrected chi connectivity index (χ4v) is 1.97. The summed E-state index contributed by atoms with van der Waals surface area (Å²) in [4.78, 5) is 24.1. The van der Waals surface area contributed by atoms with Gasteiger partial charge in [0.2, 0.25) is 0 Å². The molecule has 1 rings (SSSR count). The Morgan fingerprint density at radius 1 is 1.33 bits per heavy atom. The number of hydrogen-bond donors (Lipinski definition) is 0. The molecule has 0 aromatic heterocycles. The molecule has 4 nitrogen and oxygen atoms in total. The highest BCUT2D eigenvalue weighted by molar-refractivity contribution is 9.10. The van der Waals surface area contributed by atoms with Crippen molar-refractivity contribution < 1.29 is 27.5 Å².